The zero-order valence-electron chi connectivity index (χ0n) is 11.1. The number of carboxylic acids is 1. The molecular weight excluding hydrogens is 206 g/mol. The van der Waals surface area contributed by atoms with Crippen LogP contribution in [0.5, 0.6) is 0 Å². The minimum Gasteiger partial charge on any atom is -0.480 e. The Morgan fingerprint density at radius 2 is 1.62 bits per heavy atom. The second kappa shape index (κ2) is 10.5. The van der Waals surface area contributed by atoms with E-state index in [4.69, 9.17) is 5.11 Å². The molecule has 1 aliphatic rings. The van der Waals surface area contributed by atoms with E-state index in [0.29, 0.717) is 13.0 Å². The molecule has 1 heterocycles. The minimum atomic E-state index is -0.884. The van der Waals surface area contributed by atoms with Crippen molar-refractivity contribution in [3.8, 4) is 0 Å². The first-order valence-electron chi connectivity index (χ1n) is 6.13. The van der Waals surface area contributed by atoms with Gasteiger partial charge in [-0.25, -0.2) is 4.79 Å². The predicted molar refractivity (Wildman–Crippen MR) is 65.4 cm³/mol. The number of carboxylic acid groups (broad SMARTS) is 1. The molecule has 1 N–H and O–H groups in total. The van der Waals surface area contributed by atoms with Gasteiger partial charge in [0.25, 0.3) is 0 Å². The van der Waals surface area contributed by atoms with Gasteiger partial charge < -0.3 is 10.0 Å². The van der Waals surface area contributed by atoms with Gasteiger partial charge in [-0.15, -0.1) is 0 Å². The summed E-state index contributed by atoms with van der Waals surface area (Å²) >= 11 is 0. The van der Waals surface area contributed by atoms with Crippen LogP contribution in [0.1, 0.15) is 53.9 Å². The second-order valence-corrected chi connectivity index (χ2v) is 3.06. The van der Waals surface area contributed by atoms with E-state index in [-0.39, 0.29) is 5.91 Å². The summed E-state index contributed by atoms with van der Waals surface area (Å²) in [4.78, 5) is 23.1. The number of nitrogens with zero attached hydrogens (tertiary/aromatic N) is 1. The summed E-state index contributed by atoms with van der Waals surface area (Å²) in [6.45, 7) is 10.0. The van der Waals surface area contributed by atoms with Crippen molar-refractivity contribution >= 4 is 11.9 Å². The molecule has 1 rings (SSSR count). The van der Waals surface area contributed by atoms with Gasteiger partial charge in [0.15, 0.2) is 0 Å². The molecule has 1 amide bonds. The van der Waals surface area contributed by atoms with Crippen molar-refractivity contribution in [2.24, 2.45) is 0 Å². The van der Waals surface area contributed by atoms with Crippen LogP contribution in [0.3, 0.4) is 0 Å². The Bertz CT molecular complexity index is 182. The van der Waals surface area contributed by atoms with Crippen LogP contribution in [0.2, 0.25) is 0 Å². The fourth-order valence-electron chi connectivity index (χ4n) is 1.57. The molecule has 1 saturated heterocycles. The summed E-state index contributed by atoms with van der Waals surface area (Å²) in [6.07, 6.45) is 2.42. The number of aliphatic carboxylic acids is 1. The maximum Gasteiger partial charge on any atom is 0.326 e. The normalized spacial score (nSPS) is 18.6. The maximum atomic E-state index is 11.0. The minimum absolute atomic E-state index is 0.137. The Hall–Kier alpha value is -1.06. The Morgan fingerprint density at radius 3 is 1.94 bits per heavy atom. The van der Waals surface area contributed by atoms with Gasteiger partial charge in [0, 0.05) is 13.5 Å². The molecule has 1 unspecified atom stereocenters. The number of carbonyl (C=O) groups is 2. The summed E-state index contributed by atoms with van der Waals surface area (Å²) < 4.78 is 0. The zero-order chi connectivity index (χ0) is 13.1. The fraction of sp³-hybridized carbons (Fsp3) is 0.833. The Kier molecular flexibility index (Phi) is 11.3. The summed E-state index contributed by atoms with van der Waals surface area (Å²) in [5.74, 6) is -1.02. The summed E-state index contributed by atoms with van der Waals surface area (Å²) in [7, 11) is 0. The molecule has 16 heavy (non-hydrogen) atoms. The lowest BCUT2D eigenvalue weighted by molar-refractivity contribution is -0.151. The van der Waals surface area contributed by atoms with E-state index in [1.54, 1.807) is 0 Å². The zero-order valence-corrected chi connectivity index (χ0v) is 11.1. The van der Waals surface area contributed by atoms with Crippen molar-refractivity contribution < 1.29 is 14.7 Å². The summed E-state index contributed by atoms with van der Waals surface area (Å²) in [5, 5.41) is 8.76. The van der Waals surface area contributed by atoms with Crippen LogP contribution >= 0.6 is 0 Å². The molecule has 1 atom stereocenters. The smallest absolute Gasteiger partial charge is 0.326 e. The molecule has 1 aliphatic heterocycles. The monoisotopic (exact) mass is 231 g/mol. The van der Waals surface area contributed by atoms with Crippen LogP contribution in [0, 0.1) is 0 Å². The molecule has 0 aromatic rings. The average molecular weight is 231 g/mol. The van der Waals surface area contributed by atoms with E-state index in [1.807, 2.05) is 27.7 Å². The molecule has 4 nitrogen and oxygen atoms in total. The number of piperidine rings is 1. The molecule has 0 saturated carbocycles. The average Bonchev–Trinajstić information content (AvgIpc) is 2.34. The lowest BCUT2D eigenvalue weighted by Crippen LogP contribution is -2.46. The quantitative estimate of drug-likeness (QED) is 0.754. The molecule has 4 heteroatoms. The van der Waals surface area contributed by atoms with Crippen LogP contribution in [0.15, 0.2) is 0 Å². The highest BCUT2D eigenvalue weighted by Crippen LogP contribution is 2.16. The van der Waals surface area contributed by atoms with Crippen LogP contribution < -0.4 is 0 Å². The van der Waals surface area contributed by atoms with E-state index >= 15 is 0 Å². The molecule has 0 aromatic carbocycles. The standard InChI is InChI=1S/C8H13NO3.2C2H6/c1-6(10)9-5-3-2-4-7(9)8(11)12;2*1-2/h7H,2-5H2,1H3,(H,11,12);2*1-2H3. The molecule has 1 fully saturated rings. The number of hydrogen-bond donors (Lipinski definition) is 1. The van der Waals surface area contributed by atoms with Gasteiger partial charge in [-0.1, -0.05) is 27.7 Å². The lowest BCUT2D eigenvalue weighted by atomic mass is 10.0. The largest absolute Gasteiger partial charge is 0.480 e. The highest BCUT2D eigenvalue weighted by Gasteiger charge is 2.29. The number of hydrogen-bond acceptors (Lipinski definition) is 2. The number of rotatable bonds is 1. The number of amides is 1. The third kappa shape index (κ3) is 5.73. The first-order chi connectivity index (χ1) is 7.63. The van der Waals surface area contributed by atoms with E-state index in [2.05, 4.69) is 0 Å². The van der Waals surface area contributed by atoms with Crippen LogP contribution in [0.4, 0.5) is 0 Å². The van der Waals surface area contributed by atoms with Gasteiger partial charge in [-0.3, -0.25) is 4.79 Å². The molecular formula is C12H25NO3. The third-order valence-electron chi connectivity index (χ3n) is 2.19. The van der Waals surface area contributed by atoms with Crippen LogP contribution in [0.25, 0.3) is 0 Å². The van der Waals surface area contributed by atoms with Crippen molar-refractivity contribution in [2.45, 2.75) is 59.9 Å². The van der Waals surface area contributed by atoms with Crippen molar-refractivity contribution in [1.82, 2.24) is 4.90 Å². The first-order valence-corrected chi connectivity index (χ1v) is 6.13. The summed E-state index contributed by atoms with van der Waals surface area (Å²) in [6, 6.07) is -0.587. The van der Waals surface area contributed by atoms with Gasteiger partial charge in [0.05, 0.1) is 0 Å². The Morgan fingerprint density at radius 1 is 1.12 bits per heavy atom. The van der Waals surface area contributed by atoms with E-state index in [0.717, 1.165) is 12.8 Å². The van der Waals surface area contributed by atoms with E-state index in [1.165, 1.54) is 11.8 Å². The predicted octanol–water partition coefficient (Wildman–Crippen LogP) is 2.52. The third-order valence-corrected chi connectivity index (χ3v) is 2.19. The molecule has 0 spiro atoms. The van der Waals surface area contributed by atoms with Gasteiger partial charge in [-0.2, -0.15) is 0 Å². The highest BCUT2D eigenvalue weighted by molar-refractivity contribution is 5.82. The van der Waals surface area contributed by atoms with E-state index < -0.39 is 12.0 Å². The van der Waals surface area contributed by atoms with Gasteiger partial charge >= 0.3 is 5.97 Å². The molecule has 96 valence electrons. The van der Waals surface area contributed by atoms with E-state index in [9.17, 15) is 9.59 Å². The second-order valence-electron chi connectivity index (χ2n) is 3.06. The molecule has 0 bridgehead atoms. The molecule has 0 aliphatic carbocycles. The van der Waals surface area contributed by atoms with Crippen molar-refractivity contribution in [2.75, 3.05) is 6.54 Å². The Balaban J connectivity index is 0. The number of carbonyl (C=O) groups excluding carboxylic acids is 1. The van der Waals surface area contributed by atoms with Crippen molar-refractivity contribution in [1.29, 1.82) is 0 Å². The first kappa shape index (κ1) is 17.3. The van der Waals surface area contributed by atoms with Crippen LogP contribution in [-0.2, 0) is 9.59 Å². The highest BCUT2D eigenvalue weighted by atomic mass is 16.4. The van der Waals surface area contributed by atoms with Crippen molar-refractivity contribution in [3.05, 3.63) is 0 Å². The number of likely N-dealkylation sites (tertiary alicyclic amines) is 1. The maximum absolute atomic E-state index is 11.0. The van der Waals surface area contributed by atoms with Gasteiger partial charge in [-0.05, 0) is 19.3 Å². The van der Waals surface area contributed by atoms with Gasteiger partial charge in [0.2, 0.25) is 5.91 Å². The summed E-state index contributed by atoms with van der Waals surface area (Å²) in [5.41, 5.74) is 0. The molecule has 0 radical (unpaired) electrons. The molecule has 0 aromatic heterocycles. The SMILES string of the molecule is CC.CC.CC(=O)N1CCCCC1C(=O)O. The van der Waals surface area contributed by atoms with Crippen molar-refractivity contribution in [3.63, 3.8) is 0 Å². The van der Waals surface area contributed by atoms with Gasteiger partial charge in [0.1, 0.15) is 6.04 Å². The lowest BCUT2D eigenvalue weighted by Gasteiger charge is -2.31. The van der Waals surface area contributed by atoms with Crippen LogP contribution in [-0.4, -0.2) is 34.5 Å². The Labute approximate surface area is 98.6 Å². The topological polar surface area (TPSA) is 57.6 Å². The fourth-order valence-corrected chi connectivity index (χ4v) is 1.57.